The third kappa shape index (κ3) is 6.07. The van der Waals surface area contributed by atoms with Crippen molar-refractivity contribution in [3.63, 3.8) is 0 Å². The van der Waals surface area contributed by atoms with Gasteiger partial charge < -0.3 is 21.1 Å². The number of primary amides is 1. The van der Waals surface area contributed by atoms with Gasteiger partial charge in [0.1, 0.15) is 17.3 Å². The van der Waals surface area contributed by atoms with Crippen LogP contribution < -0.4 is 21.1 Å². The average Bonchev–Trinajstić information content (AvgIpc) is 2.70. The first-order valence-electron chi connectivity index (χ1n) is 8.94. The average molecular weight is 393 g/mol. The molecule has 7 heteroatoms. The number of amides is 3. The van der Waals surface area contributed by atoms with Gasteiger partial charge in [-0.05, 0) is 54.1 Å². The van der Waals surface area contributed by atoms with Crippen molar-refractivity contribution in [1.82, 2.24) is 5.32 Å². The number of rotatable bonds is 7. The fraction of sp³-hybridized carbons (Fsp3) is 0.0909. The Morgan fingerprint density at radius 3 is 2.31 bits per heavy atom. The molecule has 0 spiro atoms. The number of nitrogens with one attached hydrogen (secondary N) is 2. The van der Waals surface area contributed by atoms with Gasteiger partial charge in [-0.3, -0.25) is 4.79 Å². The normalized spacial score (nSPS) is 11.3. The van der Waals surface area contributed by atoms with Gasteiger partial charge in [0.05, 0.1) is 12.5 Å². The molecule has 148 valence electrons. The lowest BCUT2D eigenvalue weighted by Gasteiger charge is -2.18. The Kier molecular flexibility index (Phi) is 6.42. The van der Waals surface area contributed by atoms with Crippen LogP contribution in [0.1, 0.15) is 18.0 Å². The summed E-state index contributed by atoms with van der Waals surface area (Å²) in [5, 5.41) is 5.24. The Morgan fingerprint density at radius 1 is 0.931 bits per heavy atom. The predicted octanol–water partition coefficient (Wildman–Crippen LogP) is 4.36. The summed E-state index contributed by atoms with van der Waals surface area (Å²) in [5.41, 5.74) is 6.40. The summed E-state index contributed by atoms with van der Waals surface area (Å²) in [7, 11) is 0. The Labute approximate surface area is 167 Å². The summed E-state index contributed by atoms with van der Waals surface area (Å²) in [6.07, 6.45) is -0.0604. The highest BCUT2D eigenvalue weighted by Gasteiger charge is 2.18. The maximum atomic E-state index is 13.0. The third-order valence-corrected chi connectivity index (χ3v) is 4.07. The molecule has 29 heavy (non-hydrogen) atoms. The highest BCUT2D eigenvalue weighted by atomic mass is 19.1. The van der Waals surface area contributed by atoms with Gasteiger partial charge in [0.15, 0.2) is 0 Å². The van der Waals surface area contributed by atoms with E-state index < -0.39 is 17.9 Å². The minimum atomic E-state index is -0.751. The number of carbonyl (C=O) groups excluding carboxylic acids is 2. The second-order valence-electron chi connectivity index (χ2n) is 6.31. The highest BCUT2D eigenvalue weighted by molar-refractivity contribution is 5.91. The lowest BCUT2D eigenvalue weighted by molar-refractivity contribution is -0.116. The standard InChI is InChI=1S/C22H20FN3O3/c23-16-9-11-17(12-10-16)25-21(27)14-20(26-22(24)28)15-5-4-8-19(13-15)29-18-6-2-1-3-7-18/h1-13,20H,14H2,(H,25,27)(H3,24,26,28)/t20-/m0/s1. The van der Waals surface area contributed by atoms with Crippen molar-refractivity contribution < 1.29 is 18.7 Å². The summed E-state index contributed by atoms with van der Waals surface area (Å²) in [6.45, 7) is 0. The van der Waals surface area contributed by atoms with Crippen molar-refractivity contribution in [3.05, 3.63) is 90.2 Å². The number of carbonyl (C=O) groups is 2. The zero-order valence-corrected chi connectivity index (χ0v) is 15.5. The molecule has 4 N–H and O–H groups in total. The molecule has 0 saturated carbocycles. The summed E-state index contributed by atoms with van der Waals surface area (Å²) in [5.74, 6) is 0.471. The molecule has 3 aromatic carbocycles. The minimum Gasteiger partial charge on any atom is -0.457 e. The molecule has 0 fully saturated rings. The fourth-order valence-corrected chi connectivity index (χ4v) is 2.77. The van der Waals surface area contributed by atoms with Crippen LogP contribution in [0.4, 0.5) is 14.9 Å². The van der Waals surface area contributed by atoms with Gasteiger partial charge in [-0.25, -0.2) is 9.18 Å². The zero-order chi connectivity index (χ0) is 20.6. The van der Waals surface area contributed by atoms with Crippen LogP contribution in [-0.4, -0.2) is 11.9 Å². The Hall–Kier alpha value is -3.87. The number of benzene rings is 3. The zero-order valence-electron chi connectivity index (χ0n) is 15.5. The van der Waals surface area contributed by atoms with Crippen molar-refractivity contribution in [2.45, 2.75) is 12.5 Å². The van der Waals surface area contributed by atoms with E-state index in [1.165, 1.54) is 24.3 Å². The lowest BCUT2D eigenvalue weighted by atomic mass is 10.0. The maximum absolute atomic E-state index is 13.0. The molecule has 0 aliphatic carbocycles. The topological polar surface area (TPSA) is 93.5 Å². The quantitative estimate of drug-likeness (QED) is 0.557. The van der Waals surface area contributed by atoms with E-state index >= 15 is 0 Å². The lowest BCUT2D eigenvalue weighted by Crippen LogP contribution is -2.35. The van der Waals surface area contributed by atoms with E-state index in [1.54, 1.807) is 24.3 Å². The molecule has 0 unspecified atom stereocenters. The van der Waals surface area contributed by atoms with Crippen LogP contribution in [0.2, 0.25) is 0 Å². The van der Waals surface area contributed by atoms with E-state index in [9.17, 15) is 14.0 Å². The number of para-hydroxylation sites is 1. The number of ether oxygens (including phenoxy) is 1. The summed E-state index contributed by atoms with van der Waals surface area (Å²) < 4.78 is 18.8. The van der Waals surface area contributed by atoms with Crippen molar-refractivity contribution >= 4 is 17.6 Å². The molecule has 6 nitrogen and oxygen atoms in total. The van der Waals surface area contributed by atoms with Gasteiger partial charge in [0, 0.05) is 5.69 Å². The molecule has 0 aromatic heterocycles. The van der Waals surface area contributed by atoms with Crippen LogP contribution in [0.3, 0.4) is 0 Å². The van der Waals surface area contributed by atoms with Gasteiger partial charge in [0.2, 0.25) is 5.91 Å². The molecule has 0 saturated heterocycles. The molecule has 0 aliphatic heterocycles. The Morgan fingerprint density at radius 2 is 1.62 bits per heavy atom. The second-order valence-corrected chi connectivity index (χ2v) is 6.31. The molecule has 0 aliphatic rings. The Bertz CT molecular complexity index is 978. The van der Waals surface area contributed by atoms with Gasteiger partial charge >= 0.3 is 6.03 Å². The number of urea groups is 1. The van der Waals surface area contributed by atoms with Gasteiger partial charge in [-0.1, -0.05) is 30.3 Å². The van der Waals surface area contributed by atoms with E-state index in [0.717, 1.165) is 0 Å². The largest absolute Gasteiger partial charge is 0.457 e. The van der Waals surface area contributed by atoms with Crippen molar-refractivity contribution in [2.75, 3.05) is 5.32 Å². The number of hydrogen-bond donors (Lipinski definition) is 3. The number of hydrogen-bond acceptors (Lipinski definition) is 3. The first kappa shape index (κ1) is 19.9. The first-order valence-corrected chi connectivity index (χ1v) is 8.94. The van der Waals surface area contributed by atoms with E-state index in [1.807, 2.05) is 30.3 Å². The molecule has 0 bridgehead atoms. The molecule has 3 rings (SSSR count). The highest BCUT2D eigenvalue weighted by Crippen LogP contribution is 2.26. The van der Waals surface area contributed by atoms with Gasteiger partial charge in [0.25, 0.3) is 0 Å². The molecule has 3 aromatic rings. The molecular weight excluding hydrogens is 373 g/mol. The predicted molar refractivity (Wildman–Crippen MR) is 108 cm³/mol. The molecule has 0 heterocycles. The van der Waals surface area contributed by atoms with Gasteiger partial charge in [-0.2, -0.15) is 0 Å². The maximum Gasteiger partial charge on any atom is 0.312 e. The minimum absolute atomic E-state index is 0.0604. The molecule has 1 atom stereocenters. The van der Waals surface area contributed by atoms with Gasteiger partial charge in [-0.15, -0.1) is 0 Å². The Balaban J connectivity index is 1.73. The monoisotopic (exact) mass is 393 g/mol. The first-order chi connectivity index (χ1) is 14.0. The number of anilines is 1. The van der Waals surface area contributed by atoms with Crippen LogP contribution >= 0.6 is 0 Å². The van der Waals surface area contributed by atoms with Crippen LogP contribution in [-0.2, 0) is 4.79 Å². The van der Waals surface area contributed by atoms with E-state index in [4.69, 9.17) is 10.5 Å². The molecule has 3 amide bonds. The SMILES string of the molecule is NC(=O)N[C@@H](CC(=O)Nc1ccc(F)cc1)c1cccc(Oc2ccccc2)c1. The van der Waals surface area contributed by atoms with E-state index in [-0.39, 0.29) is 12.3 Å². The third-order valence-electron chi connectivity index (χ3n) is 4.07. The smallest absolute Gasteiger partial charge is 0.312 e. The van der Waals surface area contributed by atoms with Crippen LogP contribution in [0.25, 0.3) is 0 Å². The number of nitrogens with two attached hydrogens (primary N) is 1. The van der Waals surface area contributed by atoms with E-state index in [0.29, 0.717) is 22.7 Å². The van der Waals surface area contributed by atoms with Crippen LogP contribution in [0.5, 0.6) is 11.5 Å². The van der Waals surface area contributed by atoms with Crippen molar-refractivity contribution in [3.8, 4) is 11.5 Å². The van der Waals surface area contributed by atoms with E-state index in [2.05, 4.69) is 10.6 Å². The number of halogens is 1. The second kappa shape index (κ2) is 9.36. The molecular formula is C22H20FN3O3. The van der Waals surface area contributed by atoms with Crippen LogP contribution in [0, 0.1) is 5.82 Å². The summed E-state index contributed by atoms with van der Waals surface area (Å²) in [4.78, 5) is 23.9. The van der Waals surface area contributed by atoms with Crippen molar-refractivity contribution in [2.24, 2.45) is 5.73 Å². The summed E-state index contributed by atoms with van der Waals surface area (Å²) in [6, 6.07) is 20.3. The molecule has 0 radical (unpaired) electrons. The summed E-state index contributed by atoms with van der Waals surface area (Å²) >= 11 is 0. The fourth-order valence-electron chi connectivity index (χ4n) is 2.77. The van der Waals surface area contributed by atoms with Crippen LogP contribution in [0.15, 0.2) is 78.9 Å². The van der Waals surface area contributed by atoms with Crippen molar-refractivity contribution in [1.29, 1.82) is 0 Å².